The van der Waals surface area contributed by atoms with Gasteiger partial charge in [0.05, 0.1) is 7.11 Å². The molecule has 0 spiro atoms. The van der Waals surface area contributed by atoms with Gasteiger partial charge in [-0.15, -0.1) is 0 Å². The molecule has 152 valence electrons. The van der Waals surface area contributed by atoms with Gasteiger partial charge in [0.15, 0.2) is 5.96 Å². The van der Waals surface area contributed by atoms with Gasteiger partial charge in [-0.25, -0.2) is 0 Å². The summed E-state index contributed by atoms with van der Waals surface area (Å²) in [5.41, 5.74) is 1.70. The van der Waals surface area contributed by atoms with Crippen LogP contribution >= 0.6 is 0 Å². The van der Waals surface area contributed by atoms with E-state index in [2.05, 4.69) is 34.7 Å². The first-order chi connectivity index (χ1) is 13.1. The second-order valence-corrected chi connectivity index (χ2v) is 7.77. The molecule has 5 nitrogen and oxygen atoms in total. The van der Waals surface area contributed by atoms with Crippen LogP contribution in [0.5, 0.6) is 5.75 Å². The zero-order valence-electron chi connectivity index (χ0n) is 17.5. The lowest BCUT2D eigenvalue weighted by atomic mass is 9.83. The fraction of sp³-hybridized carbons (Fsp3) is 0.682. The Balaban J connectivity index is 1.76. The fourth-order valence-corrected chi connectivity index (χ4v) is 3.96. The quantitative estimate of drug-likeness (QED) is 0.480. The van der Waals surface area contributed by atoms with Crippen molar-refractivity contribution in [2.24, 2.45) is 10.4 Å². The third-order valence-corrected chi connectivity index (χ3v) is 5.91. The average Bonchev–Trinajstić information content (AvgIpc) is 3.18. The summed E-state index contributed by atoms with van der Waals surface area (Å²) < 4.78 is 10.6. The molecule has 1 aliphatic carbocycles. The van der Waals surface area contributed by atoms with Gasteiger partial charge in [0.2, 0.25) is 0 Å². The number of guanidine groups is 1. The Kier molecular flexibility index (Phi) is 8.92. The fourth-order valence-electron chi connectivity index (χ4n) is 3.96. The summed E-state index contributed by atoms with van der Waals surface area (Å²) in [6.07, 6.45) is 7.42. The summed E-state index contributed by atoms with van der Waals surface area (Å²) in [6, 6.07) is 8.36. The second-order valence-electron chi connectivity index (χ2n) is 7.77. The van der Waals surface area contributed by atoms with E-state index in [1.165, 1.54) is 31.2 Å². The van der Waals surface area contributed by atoms with Crippen LogP contribution < -0.4 is 15.4 Å². The highest BCUT2D eigenvalue weighted by Gasteiger charge is 2.33. The van der Waals surface area contributed by atoms with Crippen molar-refractivity contribution in [3.63, 3.8) is 0 Å². The summed E-state index contributed by atoms with van der Waals surface area (Å²) in [6.45, 7) is 4.98. The van der Waals surface area contributed by atoms with Gasteiger partial charge in [-0.3, -0.25) is 4.99 Å². The molecule has 1 aromatic carbocycles. The van der Waals surface area contributed by atoms with Crippen LogP contribution in [0, 0.1) is 5.41 Å². The number of methoxy groups -OCH3 is 2. The topological polar surface area (TPSA) is 54.9 Å². The molecule has 1 fully saturated rings. The predicted octanol–water partition coefficient (Wildman–Crippen LogP) is 3.95. The Hall–Kier alpha value is -1.75. The van der Waals surface area contributed by atoms with Gasteiger partial charge in [0, 0.05) is 33.9 Å². The molecule has 1 aromatic rings. The minimum Gasteiger partial charge on any atom is -0.497 e. The Morgan fingerprint density at radius 3 is 2.44 bits per heavy atom. The molecule has 1 unspecified atom stereocenters. The number of aliphatic imine (C=N–C) groups is 1. The summed E-state index contributed by atoms with van der Waals surface area (Å²) in [7, 11) is 5.34. The molecule has 0 bridgehead atoms. The number of nitrogens with zero attached hydrogens (tertiary/aromatic N) is 1. The molecule has 0 saturated heterocycles. The zero-order chi connectivity index (χ0) is 19.5. The van der Waals surface area contributed by atoms with Crippen molar-refractivity contribution >= 4 is 5.96 Å². The van der Waals surface area contributed by atoms with Crippen molar-refractivity contribution in [1.82, 2.24) is 10.6 Å². The minimum absolute atomic E-state index is 0.365. The second kappa shape index (κ2) is 11.2. The van der Waals surface area contributed by atoms with Crippen LogP contribution in [0.25, 0.3) is 0 Å². The molecule has 5 heteroatoms. The van der Waals surface area contributed by atoms with Gasteiger partial charge in [0.25, 0.3) is 0 Å². The highest BCUT2D eigenvalue weighted by molar-refractivity contribution is 5.79. The van der Waals surface area contributed by atoms with Gasteiger partial charge in [0.1, 0.15) is 5.75 Å². The molecule has 0 aliphatic heterocycles. The highest BCUT2D eigenvalue weighted by Crippen LogP contribution is 2.40. The number of ether oxygens (including phenoxy) is 2. The number of hydrogen-bond acceptors (Lipinski definition) is 3. The van der Waals surface area contributed by atoms with E-state index in [-0.39, 0.29) is 0 Å². The third-order valence-electron chi connectivity index (χ3n) is 5.91. The van der Waals surface area contributed by atoms with Crippen molar-refractivity contribution < 1.29 is 9.47 Å². The van der Waals surface area contributed by atoms with Gasteiger partial charge in [-0.05, 0) is 54.7 Å². The van der Waals surface area contributed by atoms with E-state index in [0.29, 0.717) is 11.3 Å². The first-order valence-electron chi connectivity index (χ1n) is 10.2. The standard InChI is InChI=1S/C22H37N3O2/c1-18(19-7-9-20(27-4)10-8-19)11-15-24-21(23-2)25-17-22(14-16-26-3)12-5-6-13-22/h7-10,18H,5-6,11-17H2,1-4H3,(H2,23,24,25). The van der Waals surface area contributed by atoms with Crippen LogP contribution in [0.4, 0.5) is 0 Å². The van der Waals surface area contributed by atoms with Crippen LogP contribution in [-0.4, -0.2) is 46.9 Å². The maximum Gasteiger partial charge on any atom is 0.190 e. The number of nitrogens with one attached hydrogen (secondary N) is 2. The normalized spacial score (nSPS) is 17.6. The molecule has 2 N–H and O–H groups in total. The van der Waals surface area contributed by atoms with Crippen LogP contribution in [0.1, 0.15) is 56.9 Å². The number of hydrogen-bond donors (Lipinski definition) is 2. The SMILES string of the molecule is CN=C(NCCC(C)c1ccc(OC)cc1)NCC1(CCOC)CCCC1. The molecular weight excluding hydrogens is 338 g/mol. The number of rotatable bonds is 10. The molecular formula is C22H37N3O2. The summed E-state index contributed by atoms with van der Waals surface area (Å²) in [5.74, 6) is 2.30. The maximum absolute atomic E-state index is 5.33. The molecule has 27 heavy (non-hydrogen) atoms. The minimum atomic E-state index is 0.365. The molecule has 2 rings (SSSR count). The Morgan fingerprint density at radius 2 is 1.85 bits per heavy atom. The first-order valence-corrected chi connectivity index (χ1v) is 10.2. The predicted molar refractivity (Wildman–Crippen MR) is 113 cm³/mol. The van der Waals surface area contributed by atoms with Crippen LogP contribution in [0.2, 0.25) is 0 Å². The highest BCUT2D eigenvalue weighted by atomic mass is 16.5. The van der Waals surface area contributed by atoms with Crippen molar-refractivity contribution in [3.05, 3.63) is 29.8 Å². The monoisotopic (exact) mass is 375 g/mol. The lowest BCUT2D eigenvalue weighted by Gasteiger charge is -2.30. The zero-order valence-corrected chi connectivity index (χ0v) is 17.5. The van der Waals surface area contributed by atoms with Crippen LogP contribution in [0.3, 0.4) is 0 Å². The van der Waals surface area contributed by atoms with E-state index in [0.717, 1.165) is 44.2 Å². The van der Waals surface area contributed by atoms with E-state index in [4.69, 9.17) is 9.47 Å². The van der Waals surface area contributed by atoms with Gasteiger partial charge in [-0.1, -0.05) is 31.9 Å². The van der Waals surface area contributed by atoms with Crippen molar-refractivity contribution in [3.8, 4) is 5.75 Å². The summed E-state index contributed by atoms with van der Waals surface area (Å²) >= 11 is 0. The number of benzene rings is 1. The molecule has 0 heterocycles. The molecule has 0 amide bonds. The van der Waals surface area contributed by atoms with Gasteiger partial charge in [-0.2, -0.15) is 0 Å². The Bertz CT molecular complexity index is 565. The van der Waals surface area contributed by atoms with Crippen molar-refractivity contribution in [1.29, 1.82) is 0 Å². The van der Waals surface area contributed by atoms with Crippen LogP contribution in [-0.2, 0) is 4.74 Å². The largest absolute Gasteiger partial charge is 0.497 e. The lowest BCUT2D eigenvalue weighted by Crippen LogP contribution is -2.43. The van der Waals surface area contributed by atoms with E-state index in [1.54, 1.807) is 14.2 Å². The Labute approximate surface area is 164 Å². The van der Waals surface area contributed by atoms with Gasteiger partial charge < -0.3 is 20.1 Å². The van der Waals surface area contributed by atoms with Crippen LogP contribution in [0.15, 0.2) is 29.3 Å². The maximum atomic E-state index is 5.33. The molecule has 1 aliphatic rings. The smallest absolute Gasteiger partial charge is 0.190 e. The third kappa shape index (κ3) is 6.73. The average molecular weight is 376 g/mol. The first kappa shape index (κ1) is 21.5. The van der Waals surface area contributed by atoms with Crippen molar-refractivity contribution in [2.75, 3.05) is 41.0 Å². The van der Waals surface area contributed by atoms with E-state index in [9.17, 15) is 0 Å². The lowest BCUT2D eigenvalue weighted by molar-refractivity contribution is 0.138. The Morgan fingerprint density at radius 1 is 1.15 bits per heavy atom. The molecule has 1 atom stereocenters. The van der Waals surface area contributed by atoms with Gasteiger partial charge >= 0.3 is 0 Å². The summed E-state index contributed by atoms with van der Waals surface area (Å²) in [5, 5.41) is 7.03. The molecule has 0 aromatic heterocycles. The van der Waals surface area contributed by atoms with Crippen molar-refractivity contribution in [2.45, 2.75) is 51.4 Å². The van der Waals surface area contributed by atoms with E-state index in [1.807, 2.05) is 19.2 Å². The summed E-state index contributed by atoms with van der Waals surface area (Å²) in [4.78, 5) is 4.40. The molecule has 1 saturated carbocycles. The molecule has 0 radical (unpaired) electrons. The van der Waals surface area contributed by atoms with E-state index >= 15 is 0 Å². The van der Waals surface area contributed by atoms with E-state index < -0.39 is 0 Å².